The first-order valence-corrected chi connectivity index (χ1v) is 11.9. The Balaban J connectivity index is 1.73. The Labute approximate surface area is 200 Å². The smallest absolute Gasteiger partial charge is 0.309 e. The highest BCUT2D eigenvalue weighted by Gasteiger charge is 2.34. The van der Waals surface area contributed by atoms with Gasteiger partial charge in [-0.25, -0.2) is 9.37 Å². The molecule has 6 nitrogen and oxygen atoms in total. The van der Waals surface area contributed by atoms with Gasteiger partial charge in [0.15, 0.2) is 23.0 Å². The van der Waals surface area contributed by atoms with Crippen molar-refractivity contribution in [2.75, 3.05) is 7.11 Å². The van der Waals surface area contributed by atoms with Gasteiger partial charge >= 0.3 is 5.97 Å². The first kappa shape index (κ1) is 25.7. The zero-order chi connectivity index (χ0) is 24.8. The van der Waals surface area contributed by atoms with Gasteiger partial charge in [-0.2, -0.15) is 0 Å². The number of carbonyl (C=O) groups excluding carboxylic acids is 2. The molecule has 0 unspecified atom stereocenters. The average molecular weight is 472 g/mol. The Morgan fingerprint density at radius 3 is 2.53 bits per heavy atom. The molecule has 2 aromatic rings. The molecule has 184 valence electrons. The summed E-state index contributed by atoms with van der Waals surface area (Å²) in [5.41, 5.74) is 1.72. The number of esters is 1. The Hall–Kier alpha value is -2.96. The number of pyridine rings is 1. The van der Waals surface area contributed by atoms with Gasteiger partial charge in [-0.05, 0) is 55.9 Å². The molecule has 1 heterocycles. The largest absolute Gasteiger partial charge is 0.503 e. The molecule has 3 rings (SSSR count). The fraction of sp³-hybridized carbons (Fsp3) is 0.519. The van der Waals surface area contributed by atoms with Crippen LogP contribution in [0.5, 0.6) is 11.5 Å². The predicted octanol–water partition coefficient (Wildman–Crippen LogP) is 5.75. The number of methoxy groups -OCH3 is 1. The van der Waals surface area contributed by atoms with E-state index in [9.17, 15) is 19.1 Å². The van der Waals surface area contributed by atoms with Crippen molar-refractivity contribution in [1.82, 2.24) is 4.98 Å². The van der Waals surface area contributed by atoms with Crippen LogP contribution in [-0.2, 0) is 9.53 Å². The highest BCUT2D eigenvalue weighted by Crippen LogP contribution is 2.40. The molecule has 0 aliphatic heterocycles. The van der Waals surface area contributed by atoms with Crippen LogP contribution in [0.15, 0.2) is 30.5 Å². The van der Waals surface area contributed by atoms with E-state index in [-0.39, 0.29) is 35.3 Å². The summed E-state index contributed by atoms with van der Waals surface area (Å²) in [6.07, 6.45) is 6.33. The third kappa shape index (κ3) is 5.93. The number of Topliss-reactive ketones (excluding diaryl/α,β-unsaturated/α-hetero) is 1. The lowest BCUT2D eigenvalue weighted by molar-refractivity contribution is -0.154. The van der Waals surface area contributed by atoms with Crippen molar-refractivity contribution in [3.8, 4) is 11.5 Å². The summed E-state index contributed by atoms with van der Waals surface area (Å²) in [5, 5.41) is 10.2. The highest BCUT2D eigenvalue weighted by atomic mass is 19.1. The molecule has 1 fully saturated rings. The third-order valence-corrected chi connectivity index (χ3v) is 6.82. The molecule has 1 aromatic heterocycles. The van der Waals surface area contributed by atoms with Crippen molar-refractivity contribution in [1.29, 1.82) is 0 Å². The van der Waals surface area contributed by atoms with Crippen molar-refractivity contribution in [2.45, 2.75) is 71.3 Å². The van der Waals surface area contributed by atoms with E-state index in [0.29, 0.717) is 5.92 Å². The monoisotopic (exact) mass is 471 g/mol. The second-order valence-electron chi connectivity index (χ2n) is 9.31. The maximum absolute atomic E-state index is 13.8. The molecule has 7 heteroatoms. The fourth-order valence-electron chi connectivity index (χ4n) is 5.03. The van der Waals surface area contributed by atoms with E-state index in [4.69, 9.17) is 9.47 Å². The van der Waals surface area contributed by atoms with Crippen molar-refractivity contribution in [3.63, 3.8) is 0 Å². The minimum absolute atomic E-state index is 0.0446. The summed E-state index contributed by atoms with van der Waals surface area (Å²) in [6, 6.07) is 6.24. The van der Waals surface area contributed by atoms with Crippen molar-refractivity contribution in [3.05, 3.63) is 53.1 Å². The summed E-state index contributed by atoms with van der Waals surface area (Å²) in [4.78, 5) is 29.6. The Morgan fingerprint density at radius 2 is 1.88 bits per heavy atom. The van der Waals surface area contributed by atoms with Crippen LogP contribution < -0.4 is 4.74 Å². The molecule has 34 heavy (non-hydrogen) atoms. The molecule has 0 saturated heterocycles. The summed E-state index contributed by atoms with van der Waals surface area (Å²) in [6.45, 7) is 5.39. The Kier molecular flexibility index (Phi) is 8.64. The van der Waals surface area contributed by atoms with Gasteiger partial charge in [-0.1, -0.05) is 32.3 Å². The van der Waals surface area contributed by atoms with Gasteiger partial charge in [-0.3, -0.25) is 9.59 Å². The second-order valence-corrected chi connectivity index (χ2v) is 9.31. The third-order valence-electron chi connectivity index (χ3n) is 6.82. The number of benzene rings is 1. The number of ether oxygens (including phenoxy) is 2. The Bertz CT molecular complexity index is 1020. The first-order chi connectivity index (χ1) is 16.2. The van der Waals surface area contributed by atoms with E-state index < -0.39 is 23.8 Å². The topological polar surface area (TPSA) is 85.7 Å². The standard InChI is InChI=1S/C27H34FNO5/c1-16-14-20(28)10-11-21(16)24(19-8-6-5-7-9-19)18(3)34-27(32)17(2)15-22(30)25-26(31)23(33-4)12-13-29-25/h10-14,17-19,24,31H,5-9,15H2,1-4H3/t17-,18-,24+/m1/s1. The van der Waals surface area contributed by atoms with Crippen LogP contribution in [0.25, 0.3) is 0 Å². The lowest BCUT2D eigenvalue weighted by Crippen LogP contribution is -2.32. The molecule has 1 aliphatic carbocycles. The lowest BCUT2D eigenvalue weighted by Gasteiger charge is -2.35. The summed E-state index contributed by atoms with van der Waals surface area (Å²) in [7, 11) is 1.39. The molecule has 1 aliphatic rings. The average Bonchev–Trinajstić information content (AvgIpc) is 2.81. The van der Waals surface area contributed by atoms with Gasteiger partial charge in [0.25, 0.3) is 0 Å². The molecular formula is C27H34FNO5. The van der Waals surface area contributed by atoms with Gasteiger partial charge in [0.1, 0.15) is 11.9 Å². The quantitative estimate of drug-likeness (QED) is 0.370. The van der Waals surface area contributed by atoms with Gasteiger partial charge in [-0.15, -0.1) is 0 Å². The molecule has 3 atom stereocenters. The van der Waals surface area contributed by atoms with Crippen LogP contribution in [0.2, 0.25) is 0 Å². The summed E-state index contributed by atoms with van der Waals surface area (Å²) < 4.78 is 24.7. The number of aryl methyl sites for hydroxylation is 1. The zero-order valence-corrected chi connectivity index (χ0v) is 20.3. The second kappa shape index (κ2) is 11.4. The number of carbonyl (C=O) groups is 2. The number of ketones is 1. The van der Waals surface area contributed by atoms with E-state index in [0.717, 1.165) is 36.8 Å². The number of nitrogens with zero attached hydrogens (tertiary/aromatic N) is 1. The molecule has 1 aromatic carbocycles. The van der Waals surface area contributed by atoms with E-state index in [1.165, 1.54) is 37.9 Å². The predicted molar refractivity (Wildman–Crippen MR) is 127 cm³/mol. The zero-order valence-electron chi connectivity index (χ0n) is 20.3. The minimum Gasteiger partial charge on any atom is -0.503 e. The van der Waals surface area contributed by atoms with Crippen LogP contribution in [0, 0.1) is 24.6 Å². The summed E-state index contributed by atoms with van der Waals surface area (Å²) >= 11 is 0. The van der Waals surface area contributed by atoms with Crippen LogP contribution >= 0.6 is 0 Å². The van der Waals surface area contributed by atoms with Crippen molar-refractivity contribution >= 4 is 11.8 Å². The van der Waals surface area contributed by atoms with Gasteiger partial charge < -0.3 is 14.6 Å². The maximum atomic E-state index is 13.8. The molecule has 0 amide bonds. The van der Waals surface area contributed by atoms with E-state index in [2.05, 4.69) is 4.98 Å². The normalized spacial score (nSPS) is 17.0. The molecule has 0 radical (unpaired) electrons. The van der Waals surface area contributed by atoms with Crippen molar-refractivity contribution in [2.24, 2.45) is 11.8 Å². The van der Waals surface area contributed by atoms with Crippen LogP contribution in [0.1, 0.15) is 79.9 Å². The minimum atomic E-state index is -0.719. The highest BCUT2D eigenvalue weighted by molar-refractivity contribution is 5.99. The van der Waals surface area contributed by atoms with E-state index in [1.54, 1.807) is 13.0 Å². The molecular weight excluding hydrogens is 437 g/mol. The number of aromatic hydroxyl groups is 1. The molecule has 0 spiro atoms. The van der Waals surface area contributed by atoms with Gasteiger partial charge in [0.05, 0.1) is 13.0 Å². The van der Waals surface area contributed by atoms with Crippen molar-refractivity contribution < 1.29 is 28.6 Å². The first-order valence-electron chi connectivity index (χ1n) is 11.9. The van der Waals surface area contributed by atoms with Crippen LogP contribution in [0.4, 0.5) is 4.39 Å². The van der Waals surface area contributed by atoms with Crippen LogP contribution in [-0.4, -0.2) is 35.1 Å². The number of rotatable bonds is 9. The van der Waals surface area contributed by atoms with E-state index >= 15 is 0 Å². The number of hydrogen-bond acceptors (Lipinski definition) is 6. The SMILES string of the molecule is COc1ccnc(C(=O)C[C@@H](C)C(=O)O[C@H](C)[C@H](c2ccc(F)cc2C)C2CCCCC2)c1O. The number of halogens is 1. The van der Waals surface area contributed by atoms with Gasteiger partial charge in [0.2, 0.25) is 0 Å². The molecule has 1 saturated carbocycles. The van der Waals surface area contributed by atoms with E-state index in [1.807, 2.05) is 13.8 Å². The lowest BCUT2D eigenvalue weighted by atomic mass is 9.73. The number of aromatic nitrogens is 1. The molecule has 0 bridgehead atoms. The number of hydrogen-bond donors (Lipinski definition) is 1. The summed E-state index contributed by atoms with van der Waals surface area (Å²) in [5.74, 6) is -1.85. The molecule has 1 N–H and O–H groups in total. The van der Waals surface area contributed by atoms with Gasteiger partial charge in [0, 0.05) is 24.6 Å². The van der Waals surface area contributed by atoms with Crippen LogP contribution in [0.3, 0.4) is 0 Å². The maximum Gasteiger partial charge on any atom is 0.309 e. The Morgan fingerprint density at radius 1 is 1.18 bits per heavy atom. The fourth-order valence-corrected chi connectivity index (χ4v) is 5.03.